The van der Waals surface area contributed by atoms with E-state index in [4.69, 9.17) is 5.73 Å². The van der Waals surface area contributed by atoms with Crippen molar-refractivity contribution < 1.29 is 4.79 Å². The summed E-state index contributed by atoms with van der Waals surface area (Å²) >= 11 is 1.67. The molecule has 3 N–H and O–H groups in total. The van der Waals surface area contributed by atoms with E-state index in [2.05, 4.69) is 34.3 Å². The fourth-order valence-electron chi connectivity index (χ4n) is 2.60. The predicted octanol–water partition coefficient (Wildman–Crippen LogP) is 3.34. The average molecular weight is 326 g/mol. The van der Waals surface area contributed by atoms with E-state index in [9.17, 15) is 4.79 Å². The number of carbonyl (C=O) groups excluding carboxylic acids is 1. The number of fused-ring (bicyclic) bond motifs is 1. The first-order valence-electron chi connectivity index (χ1n) is 7.48. The molecule has 0 fully saturated rings. The van der Waals surface area contributed by atoms with Crippen LogP contribution in [0.4, 0.5) is 5.82 Å². The number of nitrogens with two attached hydrogens (primary N) is 1. The topological polar surface area (TPSA) is 80.9 Å². The number of nitrogens with one attached hydrogen (secondary N) is 1. The zero-order chi connectivity index (χ0) is 16.2. The Morgan fingerprint density at radius 2 is 2.04 bits per heavy atom. The Morgan fingerprint density at radius 1 is 1.26 bits per heavy atom. The highest BCUT2D eigenvalue weighted by atomic mass is 32.1. The quantitative estimate of drug-likeness (QED) is 0.681. The minimum Gasteiger partial charge on any atom is -0.370 e. The number of nitrogens with zero attached hydrogens (tertiary/aromatic N) is 2. The van der Waals surface area contributed by atoms with Crippen LogP contribution in [0.1, 0.15) is 17.7 Å². The maximum atomic E-state index is 10.8. The first-order valence-corrected chi connectivity index (χ1v) is 8.30. The molecule has 0 bridgehead atoms. The van der Waals surface area contributed by atoms with Gasteiger partial charge in [-0.05, 0) is 18.9 Å². The van der Waals surface area contributed by atoms with Gasteiger partial charge < -0.3 is 11.1 Å². The fourth-order valence-corrected chi connectivity index (χ4v) is 3.61. The minimum atomic E-state index is -0.281. The molecule has 118 valence electrons. The number of rotatable bonds is 6. The summed E-state index contributed by atoms with van der Waals surface area (Å²) in [5.74, 6) is 0.527. The number of hydrogen-bond acceptors (Lipinski definition) is 5. The molecule has 0 saturated heterocycles. The lowest BCUT2D eigenvalue weighted by atomic mass is 10.0. The molecule has 2 heterocycles. The number of primary amides is 1. The summed E-state index contributed by atoms with van der Waals surface area (Å²) < 4.78 is 0. The van der Waals surface area contributed by atoms with Crippen LogP contribution in [-0.2, 0) is 4.79 Å². The minimum absolute atomic E-state index is 0.281. The molecule has 3 rings (SSSR count). The molecule has 6 heteroatoms. The molecule has 0 spiro atoms. The van der Waals surface area contributed by atoms with E-state index >= 15 is 0 Å². The molecule has 23 heavy (non-hydrogen) atoms. The van der Waals surface area contributed by atoms with Crippen molar-refractivity contribution in [2.24, 2.45) is 5.73 Å². The van der Waals surface area contributed by atoms with Gasteiger partial charge in [-0.1, -0.05) is 30.3 Å². The molecule has 0 radical (unpaired) electrons. The Balaban J connectivity index is 1.97. The van der Waals surface area contributed by atoms with Crippen LogP contribution in [0, 0.1) is 6.92 Å². The van der Waals surface area contributed by atoms with Crippen LogP contribution in [0.25, 0.3) is 21.3 Å². The van der Waals surface area contributed by atoms with Gasteiger partial charge in [0.05, 0.1) is 5.39 Å². The van der Waals surface area contributed by atoms with Crippen LogP contribution in [0.15, 0.2) is 36.7 Å². The third kappa shape index (κ3) is 3.32. The van der Waals surface area contributed by atoms with Gasteiger partial charge in [-0.2, -0.15) is 0 Å². The molecule has 3 aromatic rings. The van der Waals surface area contributed by atoms with Crippen molar-refractivity contribution in [2.45, 2.75) is 19.8 Å². The predicted molar refractivity (Wildman–Crippen MR) is 94.5 cm³/mol. The summed E-state index contributed by atoms with van der Waals surface area (Å²) in [6.07, 6.45) is 2.63. The summed E-state index contributed by atoms with van der Waals surface area (Å²) in [4.78, 5) is 21.8. The van der Waals surface area contributed by atoms with E-state index in [1.807, 2.05) is 18.2 Å². The highest BCUT2D eigenvalue weighted by Gasteiger charge is 2.16. The third-order valence-electron chi connectivity index (χ3n) is 3.62. The third-order valence-corrected chi connectivity index (χ3v) is 4.63. The van der Waals surface area contributed by atoms with E-state index in [1.165, 1.54) is 10.4 Å². The maximum absolute atomic E-state index is 10.8. The van der Waals surface area contributed by atoms with Gasteiger partial charge in [0.2, 0.25) is 5.91 Å². The van der Waals surface area contributed by atoms with Crippen LogP contribution >= 0.6 is 11.3 Å². The van der Waals surface area contributed by atoms with Crippen molar-refractivity contribution in [1.29, 1.82) is 0 Å². The van der Waals surface area contributed by atoms with Crippen molar-refractivity contribution in [2.75, 3.05) is 11.9 Å². The smallest absolute Gasteiger partial charge is 0.217 e. The number of hydrogen-bond donors (Lipinski definition) is 2. The molecular formula is C17H18N4OS. The molecule has 0 aliphatic heterocycles. The van der Waals surface area contributed by atoms with Crippen LogP contribution < -0.4 is 11.1 Å². The largest absolute Gasteiger partial charge is 0.370 e. The summed E-state index contributed by atoms with van der Waals surface area (Å²) in [6, 6.07) is 10.3. The van der Waals surface area contributed by atoms with E-state index in [-0.39, 0.29) is 5.91 Å². The van der Waals surface area contributed by atoms with E-state index in [0.717, 1.165) is 21.6 Å². The molecule has 0 aliphatic rings. The number of aromatic nitrogens is 2. The lowest BCUT2D eigenvalue weighted by Crippen LogP contribution is -2.13. The van der Waals surface area contributed by atoms with E-state index < -0.39 is 0 Å². The van der Waals surface area contributed by atoms with Crippen molar-refractivity contribution in [3.8, 4) is 11.1 Å². The van der Waals surface area contributed by atoms with Crippen molar-refractivity contribution in [1.82, 2.24) is 9.97 Å². The number of thiophene rings is 1. The second-order valence-corrected chi connectivity index (χ2v) is 6.50. The first kappa shape index (κ1) is 15.4. The molecule has 2 aromatic heterocycles. The van der Waals surface area contributed by atoms with Gasteiger partial charge in [-0.15, -0.1) is 11.3 Å². The SMILES string of the molecule is Cc1sc2ncnc(NCCCC(N)=O)c2c1-c1ccccc1. The normalized spacial score (nSPS) is 10.8. The highest BCUT2D eigenvalue weighted by Crippen LogP contribution is 2.40. The lowest BCUT2D eigenvalue weighted by Gasteiger charge is -2.08. The Kier molecular flexibility index (Phi) is 4.52. The highest BCUT2D eigenvalue weighted by molar-refractivity contribution is 7.19. The van der Waals surface area contributed by atoms with Gasteiger partial charge in [-0.25, -0.2) is 9.97 Å². The standard InChI is InChI=1S/C17H18N4OS/c1-11-14(12-6-3-2-4-7-12)15-16(19-9-5-8-13(18)22)20-10-21-17(15)23-11/h2-4,6-7,10H,5,8-9H2,1H3,(H2,18,22)(H,19,20,21). The Bertz CT molecular complexity index is 829. The molecule has 1 aromatic carbocycles. The molecular weight excluding hydrogens is 308 g/mol. The Morgan fingerprint density at radius 3 is 2.78 bits per heavy atom. The number of amides is 1. The zero-order valence-electron chi connectivity index (χ0n) is 12.9. The molecule has 0 saturated carbocycles. The van der Waals surface area contributed by atoms with Crippen LogP contribution in [-0.4, -0.2) is 22.4 Å². The van der Waals surface area contributed by atoms with Crippen LogP contribution in [0.5, 0.6) is 0 Å². The Hall–Kier alpha value is -2.47. The van der Waals surface area contributed by atoms with Gasteiger partial charge >= 0.3 is 0 Å². The molecule has 0 unspecified atom stereocenters. The van der Waals surface area contributed by atoms with Gasteiger partial charge in [0.1, 0.15) is 17.0 Å². The number of carbonyl (C=O) groups is 1. The second kappa shape index (κ2) is 6.75. The summed E-state index contributed by atoms with van der Waals surface area (Å²) in [6.45, 7) is 2.75. The molecule has 1 amide bonds. The van der Waals surface area contributed by atoms with Gasteiger partial charge in [0.25, 0.3) is 0 Å². The summed E-state index contributed by atoms with van der Waals surface area (Å²) in [7, 11) is 0. The van der Waals surface area contributed by atoms with Crippen LogP contribution in [0.2, 0.25) is 0 Å². The average Bonchev–Trinajstić information content (AvgIpc) is 2.89. The van der Waals surface area contributed by atoms with Crippen LogP contribution in [0.3, 0.4) is 0 Å². The Labute approximate surface area is 138 Å². The zero-order valence-corrected chi connectivity index (χ0v) is 13.7. The fraction of sp³-hybridized carbons (Fsp3) is 0.235. The van der Waals surface area contributed by atoms with Gasteiger partial charge in [0, 0.05) is 23.4 Å². The second-order valence-electron chi connectivity index (χ2n) is 5.30. The molecule has 5 nitrogen and oxygen atoms in total. The molecule has 0 aliphatic carbocycles. The molecule has 0 atom stereocenters. The number of anilines is 1. The van der Waals surface area contributed by atoms with Crippen molar-refractivity contribution >= 4 is 33.3 Å². The number of benzene rings is 1. The van der Waals surface area contributed by atoms with Crippen molar-refractivity contribution in [3.63, 3.8) is 0 Å². The lowest BCUT2D eigenvalue weighted by molar-refractivity contribution is -0.118. The summed E-state index contributed by atoms with van der Waals surface area (Å²) in [5, 5.41) is 4.36. The first-order chi connectivity index (χ1) is 11.2. The monoisotopic (exact) mass is 326 g/mol. The van der Waals surface area contributed by atoms with Crippen molar-refractivity contribution in [3.05, 3.63) is 41.5 Å². The number of aryl methyl sites for hydroxylation is 1. The summed E-state index contributed by atoms with van der Waals surface area (Å²) in [5.41, 5.74) is 7.50. The maximum Gasteiger partial charge on any atom is 0.217 e. The van der Waals surface area contributed by atoms with E-state index in [0.29, 0.717) is 19.4 Å². The van der Waals surface area contributed by atoms with Gasteiger partial charge in [-0.3, -0.25) is 4.79 Å². The van der Waals surface area contributed by atoms with Gasteiger partial charge in [0.15, 0.2) is 0 Å². The van der Waals surface area contributed by atoms with E-state index in [1.54, 1.807) is 17.7 Å².